The van der Waals surface area contributed by atoms with Crippen LogP contribution in [0.25, 0.3) is 11.0 Å². The lowest BCUT2D eigenvalue weighted by molar-refractivity contribution is 0.0755. The molecule has 2 unspecified atom stereocenters. The van der Waals surface area contributed by atoms with Crippen LogP contribution in [0.15, 0.2) is 34.7 Å². The highest BCUT2D eigenvalue weighted by molar-refractivity contribution is 5.77. The summed E-state index contributed by atoms with van der Waals surface area (Å²) < 4.78 is 11.2. The SMILES string of the molecule is OC(CCC1CCCO1)c1cc2ccccc2o1. The topological polar surface area (TPSA) is 42.6 Å². The summed E-state index contributed by atoms with van der Waals surface area (Å²) in [6.45, 7) is 0.866. The van der Waals surface area contributed by atoms with Gasteiger partial charge in [0.1, 0.15) is 17.4 Å². The van der Waals surface area contributed by atoms with Gasteiger partial charge in [-0.05, 0) is 37.8 Å². The molecule has 2 aromatic rings. The van der Waals surface area contributed by atoms with Crippen molar-refractivity contribution in [3.05, 3.63) is 36.1 Å². The third-order valence-corrected chi connectivity index (χ3v) is 3.56. The second kappa shape index (κ2) is 5.12. The molecule has 0 amide bonds. The molecule has 3 rings (SSSR count). The maximum absolute atomic E-state index is 10.1. The van der Waals surface area contributed by atoms with Crippen molar-refractivity contribution in [2.75, 3.05) is 6.61 Å². The average molecular weight is 246 g/mol. The minimum atomic E-state index is -0.526. The number of hydrogen-bond acceptors (Lipinski definition) is 3. The highest BCUT2D eigenvalue weighted by Gasteiger charge is 2.19. The molecule has 2 heterocycles. The van der Waals surface area contributed by atoms with Gasteiger partial charge in [-0.15, -0.1) is 0 Å². The van der Waals surface area contributed by atoms with Crippen LogP contribution in [0.4, 0.5) is 0 Å². The van der Waals surface area contributed by atoms with Crippen LogP contribution in [0.5, 0.6) is 0 Å². The number of hydrogen-bond donors (Lipinski definition) is 1. The molecule has 96 valence electrons. The zero-order valence-electron chi connectivity index (χ0n) is 10.3. The molecule has 1 fully saturated rings. The van der Waals surface area contributed by atoms with Crippen LogP contribution in [0.2, 0.25) is 0 Å². The molecule has 0 radical (unpaired) electrons. The van der Waals surface area contributed by atoms with Crippen LogP contribution >= 0.6 is 0 Å². The van der Waals surface area contributed by atoms with Crippen LogP contribution < -0.4 is 0 Å². The molecule has 0 saturated carbocycles. The lowest BCUT2D eigenvalue weighted by Crippen LogP contribution is -2.07. The van der Waals surface area contributed by atoms with Gasteiger partial charge in [-0.1, -0.05) is 18.2 Å². The second-order valence-electron chi connectivity index (χ2n) is 4.91. The van der Waals surface area contributed by atoms with E-state index in [4.69, 9.17) is 9.15 Å². The van der Waals surface area contributed by atoms with Crippen molar-refractivity contribution in [3.8, 4) is 0 Å². The van der Waals surface area contributed by atoms with Gasteiger partial charge in [-0.25, -0.2) is 0 Å². The van der Waals surface area contributed by atoms with E-state index in [-0.39, 0.29) is 0 Å². The number of para-hydroxylation sites is 1. The van der Waals surface area contributed by atoms with Gasteiger partial charge in [0.05, 0.1) is 6.10 Å². The molecular weight excluding hydrogens is 228 g/mol. The van der Waals surface area contributed by atoms with Crippen LogP contribution in [0.3, 0.4) is 0 Å². The monoisotopic (exact) mass is 246 g/mol. The first-order valence-corrected chi connectivity index (χ1v) is 6.61. The Morgan fingerprint density at radius 3 is 3.00 bits per heavy atom. The first-order chi connectivity index (χ1) is 8.83. The second-order valence-corrected chi connectivity index (χ2v) is 4.91. The molecule has 18 heavy (non-hydrogen) atoms. The first kappa shape index (κ1) is 11.8. The predicted octanol–water partition coefficient (Wildman–Crippen LogP) is 3.43. The van der Waals surface area contributed by atoms with Gasteiger partial charge in [0, 0.05) is 12.0 Å². The van der Waals surface area contributed by atoms with Crippen molar-refractivity contribution in [2.45, 2.75) is 37.9 Å². The molecule has 0 aliphatic carbocycles. The molecule has 1 N–H and O–H groups in total. The summed E-state index contributed by atoms with van der Waals surface area (Å²) in [5.41, 5.74) is 0.837. The largest absolute Gasteiger partial charge is 0.458 e. The third kappa shape index (κ3) is 2.42. The van der Waals surface area contributed by atoms with E-state index in [0.717, 1.165) is 36.8 Å². The summed E-state index contributed by atoms with van der Waals surface area (Å²) in [6.07, 6.45) is 3.66. The summed E-state index contributed by atoms with van der Waals surface area (Å²) in [4.78, 5) is 0. The molecule has 0 spiro atoms. The maximum atomic E-state index is 10.1. The number of aliphatic hydroxyl groups is 1. The van der Waals surface area contributed by atoms with Gasteiger partial charge in [0.2, 0.25) is 0 Å². The highest BCUT2D eigenvalue weighted by Crippen LogP contribution is 2.28. The van der Waals surface area contributed by atoms with Gasteiger partial charge in [-0.3, -0.25) is 0 Å². The molecule has 0 bridgehead atoms. The summed E-state index contributed by atoms with van der Waals surface area (Å²) in [5.74, 6) is 0.661. The van der Waals surface area contributed by atoms with Crippen molar-refractivity contribution in [1.29, 1.82) is 0 Å². The highest BCUT2D eigenvalue weighted by atomic mass is 16.5. The van der Waals surface area contributed by atoms with Crippen molar-refractivity contribution in [2.24, 2.45) is 0 Å². The third-order valence-electron chi connectivity index (χ3n) is 3.56. The quantitative estimate of drug-likeness (QED) is 0.898. The maximum Gasteiger partial charge on any atom is 0.134 e. The van der Waals surface area contributed by atoms with Gasteiger partial charge in [-0.2, -0.15) is 0 Å². The fourth-order valence-corrected chi connectivity index (χ4v) is 2.52. The van der Waals surface area contributed by atoms with E-state index >= 15 is 0 Å². The molecule has 3 heteroatoms. The zero-order chi connectivity index (χ0) is 12.4. The van der Waals surface area contributed by atoms with E-state index in [1.165, 1.54) is 0 Å². The average Bonchev–Trinajstić information content (AvgIpc) is 3.04. The van der Waals surface area contributed by atoms with E-state index in [1.807, 2.05) is 30.3 Å². The molecule has 2 atom stereocenters. The smallest absolute Gasteiger partial charge is 0.134 e. The van der Waals surface area contributed by atoms with E-state index < -0.39 is 6.10 Å². The van der Waals surface area contributed by atoms with Crippen molar-refractivity contribution < 1.29 is 14.3 Å². The fourth-order valence-electron chi connectivity index (χ4n) is 2.52. The van der Waals surface area contributed by atoms with Crippen molar-refractivity contribution >= 4 is 11.0 Å². The molecule has 1 aromatic carbocycles. The summed E-state index contributed by atoms with van der Waals surface area (Å²) in [7, 11) is 0. The number of rotatable bonds is 4. The standard InChI is InChI=1S/C15H18O3/c16-13(8-7-12-5-3-9-17-12)15-10-11-4-1-2-6-14(11)18-15/h1-2,4,6,10,12-13,16H,3,5,7-9H2. The number of benzene rings is 1. The van der Waals surface area contributed by atoms with Crippen LogP contribution in [0.1, 0.15) is 37.5 Å². The Morgan fingerprint density at radius 2 is 2.22 bits per heavy atom. The summed E-state index contributed by atoms with van der Waals surface area (Å²) in [6, 6.07) is 9.75. The number of furan rings is 1. The number of aliphatic hydroxyl groups excluding tert-OH is 1. The minimum Gasteiger partial charge on any atom is -0.458 e. The summed E-state index contributed by atoms with van der Waals surface area (Å²) in [5, 5.41) is 11.2. The number of fused-ring (bicyclic) bond motifs is 1. The van der Waals surface area contributed by atoms with Crippen LogP contribution in [-0.4, -0.2) is 17.8 Å². The lowest BCUT2D eigenvalue weighted by atomic mass is 10.1. The van der Waals surface area contributed by atoms with Gasteiger partial charge < -0.3 is 14.3 Å². The van der Waals surface area contributed by atoms with Gasteiger partial charge in [0.15, 0.2) is 0 Å². The lowest BCUT2D eigenvalue weighted by Gasteiger charge is -2.11. The van der Waals surface area contributed by atoms with Gasteiger partial charge in [0.25, 0.3) is 0 Å². The van der Waals surface area contributed by atoms with E-state index in [1.54, 1.807) is 0 Å². The molecule has 1 aromatic heterocycles. The first-order valence-electron chi connectivity index (χ1n) is 6.61. The van der Waals surface area contributed by atoms with Crippen LogP contribution in [0, 0.1) is 0 Å². The minimum absolute atomic E-state index is 0.323. The number of ether oxygens (including phenoxy) is 1. The zero-order valence-corrected chi connectivity index (χ0v) is 10.3. The Kier molecular flexibility index (Phi) is 3.35. The Balaban J connectivity index is 1.65. The Hall–Kier alpha value is -1.32. The molecular formula is C15H18O3. The van der Waals surface area contributed by atoms with Gasteiger partial charge >= 0.3 is 0 Å². The Labute approximate surface area is 106 Å². The van der Waals surface area contributed by atoms with Crippen LogP contribution in [-0.2, 0) is 4.74 Å². The Morgan fingerprint density at radius 1 is 1.33 bits per heavy atom. The van der Waals surface area contributed by atoms with E-state index in [0.29, 0.717) is 18.3 Å². The molecule has 3 nitrogen and oxygen atoms in total. The predicted molar refractivity (Wildman–Crippen MR) is 69.4 cm³/mol. The summed E-state index contributed by atoms with van der Waals surface area (Å²) >= 11 is 0. The Bertz CT molecular complexity index is 478. The molecule has 1 aliphatic heterocycles. The fraction of sp³-hybridized carbons (Fsp3) is 0.467. The normalized spacial score (nSPS) is 21.5. The van der Waals surface area contributed by atoms with Crippen molar-refractivity contribution in [1.82, 2.24) is 0 Å². The molecule has 1 saturated heterocycles. The molecule has 1 aliphatic rings. The van der Waals surface area contributed by atoms with E-state index in [9.17, 15) is 5.11 Å². The van der Waals surface area contributed by atoms with Crippen molar-refractivity contribution in [3.63, 3.8) is 0 Å². The van der Waals surface area contributed by atoms with E-state index in [2.05, 4.69) is 0 Å².